The topological polar surface area (TPSA) is 38.5 Å². The first kappa shape index (κ1) is 14.7. The van der Waals surface area contributed by atoms with Gasteiger partial charge in [0, 0.05) is 36.7 Å². The number of ether oxygens (including phenoxy) is 1. The molecule has 0 saturated carbocycles. The van der Waals surface area contributed by atoms with Crippen LogP contribution >= 0.6 is 11.8 Å². The number of hydrogen-bond acceptors (Lipinski definition) is 4. The molecule has 0 radical (unpaired) electrons. The SMILES string of the molecule is CC1CN(CCOc2ccc(CN)cc2)CC(C)S1. The molecule has 1 aromatic rings. The third-order valence-electron chi connectivity index (χ3n) is 3.33. The molecule has 0 bridgehead atoms. The molecule has 2 unspecified atom stereocenters. The van der Waals surface area contributed by atoms with Gasteiger partial charge in [-0.05, 0) is 17.7 Å². The van der Waals surface area contributed by atoms with Crippen LogP contribution < -0.4 is 10.5 Å². The number of hydrogen-bond donors (Lipinski definition) is 1. The molecule has 106 valence electrons. The molecule has 0 amide bonds. The van der Waals surface area contributed by atoms with Crippen LogP contribution in [-0.4, -0.2) is 41.6 Å². The monoisotopic (exact) mass is 280 g/mol. The average Bonchev–Trinajstić information content (AvgIpc) is 2.38. The Hall–Kier alpha value is -0.710. The highest BCUT2D eigenvalue weighted by Crippen LogP contribution is 2.24. The van der Waals surface area contributed by atoms with Gasteiger partial charge in [-0.2, -0.15) is 11.8 Å². The molecule has 4 heteroatoms. The van der Waals surface area contributed by atoms with Crippen molar-refractivity contribution in [1.82, 2.24) is 4.90 Å². The summed E-state index contributed by atoms with van der Waals surface area (Å²) >= 11 is 2.08. The summed E-state index contributed by atoms with van der Waals surface area (Å²) in [5.41, 5.74) is 6.72. The van der Waals surface area contributed by atoms with E-state index in [1.807, 2.05) is 24.3 Å². The Balaban J connectivity index is 1.73. The van der Waals surface area contributed by atoms with E-state index < -0.39 is 0 Å². The summed E-state index contributed by atoms with van der Waals surface area (Å²) < 4.78 is 5.79. The van der Waals surface area contributed by atoms with Crippen LogP contribution in [0.25, 0.3) is 0 Å². The zero-order valence-electron chi connectivity index (χ0n) is 11.8. The Morgan fingerprint density at radius 3 is 2.42 bits per heavy atom. The molecule has 0 spiro atoms. The highest BCUT2D eigenvalue weighted by Gasteiger charge is 2.21. The fourth-order valence-corrected chi connectivity index (χ4v) is 3.87. The molecule has 1 heterocycles. The van der Waals surface area contributed by atoms with Crippen molar-refractivity contribution in [2.24, 2.45) is 5.73 Å². The van der Waals surface area contributed by atoms with Crippen LogP contribution in [0.2, 0.25) is 0 Å². The van der Waals surface area contributed by atoms with Crippen molar-refractivity contribution in [1.29, 1.82) is 0 Å². The summed E-state index contributed by atoms with van der Waals surface area (Å²) in [6.45, 7) is 9.30. The van der Waals surface area contributed by atoms with Crippen molar-refractivity contribution >= 4 is 11.8 Å². The molecule has 2 N–H and O–H groups in total. The van der Waals surface area contributed by atoms with Crippen LogP contribution in [0.5, 0.6) is 5.75 Å². The van der Waals surface area contributed by atoms with Crippen molar-refractivity contribution in [3.8, 4) is 5.75 Å². The first-order chi connectivity index (χ1) is 9.17. The van der Waals surface area contributed by atoms with Crippen LogP contribution in [-0.2, 0) is 6.54 Å². The summed E-state index contributed by atoms with van der Waals surface area (Å²) in [5, 5.41) is 1.46. The van der Waals surface area contributed by atoms with Gasteiger partial charge in [0.05, 0.1) is 0 Å². The van der Waals surface area contributed by atoms with Gasteiger partial charge in [-0.15, -0.1) is 0 Å². The van der Waals surface area contributed by atoms with Crippen LogP contribution in [0.3, 0.4) is 0 Å². The van der Waals surface area contributed by atoms with Gasteiger partial charge >= 0.3 is 0 Å². The molecule has 2 atom stereocenters. The molecular formula is C15H24N2OS. The predicted octanol–water partition coefficient (Wildman–Crippen LogP) is 2.35. The number of benzene rings is 1. The fourth-order valence-electron chi connectivity index (χ4n) is 2.48. The molecule has 0 aromatic heterocycles. The third kappa shape index (κ3) is 4.71. The second-order valence-corrected chi connectivity index (χ2v) is 7.10. The predicted molar refractivity (Wildman–Crippen MR) is 82.8 cm³/mol. The molecule has 3 nitrogen and oxygen atoms in total. The van der Waals surface area contributed by atoms with Crippen LogP contribution in [0.4, 0.5) is 0 Å². The quantitative estimate of drug-likeness (QED) is 0.898. The first-order valence-electron chi connectivity index (χ1n) is 6.97. The molecule has 2 rings (SSSR count). The Labute approximate surface area is 120 Å². The molecular weight excluding hydrogens is 256 g/mol. The molecule has 1 saturated heterocycles. The van der Waals surface area contributed by atoms with Crippen LogP contribution in [0.15, 0.2) is 24.3 Å². The van der Waals surface area contributed by atoms with E-state index >= 15 is 0 Å². The average molecular weight is 280 g/mol. The van der Waals surface area contributed by atoms with Crippen molar-refractivity contribution in [3.63, 3.8) is 0 Å². The van der Waals surface area contributed by atoms with E-state index in [0.717, 1.165) is 35.0 Å². The maximum Gasteiger partial charge on any atom is 0.119 e. The van der Waals surface area contributed by atoms with Crippen molar-refractivity contribution < 1.29 is 4.74 Å². The van der Waals surface area contributed by atoms with Gasteiger partial charge in [0.1, 0.15) is 12.4 Å². The van der Waals surface area contributed by atoms with Crippen LogP contribution in [0.1, 0.15) is 19.4 Å². The number of nitrogens with zero attached hydrogens (tertiary/aromatic N) is 1. The van der Waals surface area contributed by atoms with Gasteiger partial charge in [0.25, 0.3) is 0 Å². The van der Waals surface area contributed by atoms with Crippen molar-refractivity contribution in [3.05, 3.63) is 29.8 Å². The summed E-state index contributed by atoms with van der Waals surface area (Å²) in [6, 6.07) is 8.05. The van der Waals surface area contributed by atoms with Gasteiger partial charge in [-0.3, -0.25) is 4.90 Å². The molecule has 1 aromatic carbocycles. The van der Waals surface area contributed by atoms with E-state index in [9.17, 15) is 0 Å². The standard InChI is InChI=1S/C15H24N2OS/c1-12-10-17(11-13(2)19-12)7-8-18-15-5-3-14(9-16)4-6-15/h3-6,12-13H,7-11,16H2,1-2H3. The lowest BCUT2D eigenvalue weighted by atomic mass is 10.2. The van der Waals surface area contributed by atoms with Crippen molar-refractivity contribution in [2.75, 3.05) is 26.2 Å². The lowest BCUT2D eigenvalue weighted by Crippen LogP contribution is -2.42. The van der Waals surface area contributed by atoms with E-state index in [-0.39, 0.29) is 0 Å². The lowest BCUT2D eigenvalue weighted by Gasteiger charge is -2.34. The second-order valence-electron chi connectivity index (χ2n) is 5.21. The highest BCUT2D eigenvalue weighted by atomic mass is 32.2. The maximum absolute atomic E-state index is 5.79. The number of rotatable bonds is 5. The van der Waals surface area contributed by atoms with E-state index in [0.29, 0.717) is 6.54 Å². The first-order valence-corrected chi connectivity index (χ1v) is 7.91. The number of nitrogens with two attached hydrogens (primary N) is 1. The zero-order chi connectivity index (χ0) is 13.7. The lowest BCUT2D eigenvalue weighted by molar-refractivity contribution is 0.207. The molecule has 0 aliphatic carbocycles. The largest absolute Gasteiger partial charge is 0.492 e. The van der Waals surface area contributed by atoms with Crippen LogP contribution in [0, 0.1) is 0 Å². The Morgan fingerprint density at radius 1 is 1.21 bits per heavy atom. The molecule has 19 heavy (non-hydrogen) atoms. The van der Waals surface area contributed by atoms with Gasteiger partial charge in [-0.25, -0.2) is 0 Å². The summed E-state index contributed by atoms with van der Waals surface area (Å²) in [5.74, 6) is 0.935. The van der Waals surface area contributed by atoms with E-state index in [1.165, 1.54) is 13.1 Å². The van der Waals surface area contributed by atoms with Crippen molar-refractivity contribution in [2.45, 2.75) is 30.9 Å². The van der Waals surface area contributed by atoms with E-state index in [4.69, 9.17) is 10.5 Å². The third-order valence-corrected chi connectivity index (χ3v) is 4.56. The minimum Gasteiger partial charge on any atom is -0.492 e. The van der Waals surface area contributed by atoms with E-state index in [2.05, 4.69) is 30.5 Å². The van der Waals surface area contributed by atoms with E-state index in [1.54, 1.807) is 0 Å². The minimum absolute atomic E-state index is 0.585. The second kappa shape index (κ2) is 7.17. The van der Waals surface area contributed by atoms with Gasteiger partial charge < -0.3 is 10.5 Å². The summed E-state index contributed by atoms with van der Waals surface area (Å²) in [6.07, 6.45) is 0. The van der Waals surface area contributed by atoms with Gasteiger partial charge in [-0.1, -0.05) is 26.0 Å². The maximum atomic E-state index is 5.79. The zero-order valence-corrected chi connectivity index (χ0v) is 12.7. The summed E-state index contributed by atoms with van der Waals surface area (Å²) in [7, 11) is 0. The highest BCUT2D eigenvalue weighted by molar-refractivity contribution is 8.00. The smallest absolute Gasteiger partial charge is 0.119 e. The molecule has 1 fully saturated rings. The summed E-state index contributed by atoms with van der Waals surface area (Å²) in [4.78, 5) is 2.50. The minimum atomic E-state index is 0.585. The Bertz CT molecular complexity index is 372. The Kier molecular flexibility index (Phi) is 5.55. The van der Waals surface area contributed by atoms with Gasteiger partial charge in [0.2, 0.25) is 0 Å². The normalized spacial score (nSPS) is 24.4. The number of thioether (sulfide) groups is 1. The fraction of sp³-hybridized carbons (Fsp3) is 0.600. The molecule has 1 aliphatic rings. The Morgan fingerprint density at radius 2 is 1.84 bits per heavy atom. The molecule has 1 aliphatic heterocycles. The van der Waals surface area contributed by atoms with Gasteiger partial charge in [0.15, 0.2) is 0 Å².